The van der Waals surface area contributed by atoms with Gasteiger partial charge in [-0.05, 0) is 61.1 Å². The van der Waals surface area contributed by atoms with Gasteiger partial charge in [-0.25, -0.2) is 0 Å². The molecule has 1 N–H and O–H groups in total. The molecule has 4 heterocycles. The second-order valence-electron chi connectivity index (χ2n) is 6.33. The highest BCUT2D eigenvalue weighted by molar-refractivity contribution is 7.80. The Kier molecular flexibility index (Phi) is 4.67. The van der Waals surface area contributed by atoms with Gasteiger partial charge in [-0.2, -0.15) is 0 Å². The molecule has 3 aromatic heterocycles. The number of nitrogens with zero attached hydrogens (tertiary/aromatic N) is 4. The van der Waals surface area contributed by atoms with Crippen molar-refractivity contribution in [1.29, 1.82) is 0 Å². The van der Waals surface area contributed by atoms with E-state index < -0.39 is 0 Å². The second kappa shape index (κ2) is 7.25. The Hall–Kier alpha value is -2.73. The van der Waals surface area contributed by atoms with Gasteiger partial charge in [-0.1, -0.05) is 6.07 Å². The van der Waals surface area contributed by atoms with E-state index in [1.807, 2.05) is 42.9 Å². The first-order valence-electron chi connectivity index (χ1n) is 8.80. The van der Waals surface area contributed by atoms with Crippen LogP contribution in [0.1, 0.15) is 36.0 Å². The molecule has 4 rings (SSSR count). The van der Waals surface area contributed by atoms with E-state index in [0.29, 0.717) is 0 Å². The largest absolute Gasteiger partial charge is 0.352 e. The Morgan fingerprint density at radius 2 is 1.92 bits per heavy atom. The number of hydrogen-bond donors (Lipinski definition) is 1. The molecule has 0 radical (unpaired) electrons. The average molecular weight is 363 g/mol. The van der Waals surface area contributed by atoms with Gasteiger partial charge in [-0.3, -0.25) is 9.97 Å². The minimum Gasteiger partial charge on any atom is -0.352 e. The topological polar surface area (TPSA) is 46.0 Å². The van der Waals surface area contributed by atoms with Gasteiger partial charge in [0.1, 0.15) is 0 Å². The molecular formula is C20H21N5S. The molecule has 5 nitrogen and oxygen atoms in total. The minimum absolute atomic E-state index is 0.0192. The Balaban J connectivity index is 1.75. The van der Waals surface area contributed by atoms with Crippen molar-refractivity contribution in [3.8, 4) is 0 Å². The van der Waals surface area contributed by atoms with Gasteiger partial charge in [0.2, 0.25) is 0 Å². The fourth-order valence-corrected chi connectivity index (χ4v) is 3.87. The zero-order valence-electron chi connectivity index (χ0n) is 14.6. The molecule has 1 aliphatic rings. The molecule has 0 spiro atoms. The third-order valence-corrected chi connectivity index (χ3v) is 5.16. The van der Waals surface area contributed by atoms with Crippen LogP contribution in [0.25, 0.3) is 0 Å². The van der Waals surface area contributed by atoms with Gasteiger partial charge in [0, 0.05) is 43.6 Å². The van der Waals surface area contributed by atoms with Crippen LogP contribution in [0.3, 0.4) is 0 Å². The first-order chi connectivity index (χ1) is 12.8. The van der Waals surface area contributed by atoms with Crippen LogP contribution in [0.2, 0.25) is 0 Å². The summed E-state index contributed by atoms with van der Waals surface area (Å²) in [6.07, 6.45) is 7.60. The smallest absolute Gasteiger partial charge is 0.170 e. The predicted octanol–water partition coefficient (Wildman–Crippen LogP) is 3.47. The zero-order valence-corrected chi connectivity index (χ0v) is 15.4. The number of pyridine rings is 2. The average Bonchev–Trinajstić information content (AvgIpc) is 3.28. The van der Waals surface area contributed by atoms with Crippen LogP contribution in [-0.2, 0) is 13.1 Å². The van der Waals surface area contributed by atoms with E-state index >= 15 is 0 Å². The van der Waals surface area contributed by atoms with Crippen molar-refractivity contribution in [2.24, 2.45) is 0 Å². The second-order valence-corrected chi connectivity index (χ2v) is 6.72. The van der Waals surface area contributed by atoms with Crippen LogP contribution in [0.4, 0.5) is 0 Å². The molecule has 0 amide bonds. The van der Waals surface area contributed by atoms with Crippen LogP contribution < -0.4 is 5.32 Å². The van der Waals surface area contributed by atoms with E-state index in [0.717, 1.165) is 23.9 Å². The normalized spacial score (nSPS) is 19.6. The van der Waals surface area contributed by atoms with E-state index in [2.05, 4.69) is 56.1 Å². The van der Waals surface area contributed by atoms with Crippen molar-refractivity contribution in [3.63, 3.8) is 0 Å². The Morgan fingerprint density at radius 3 is 2.65 bits per heavy atom. The fourth-order valence-electron chi connectivity index (χ4n) is 3.57. The third kappa shape index (κ3) is 3.08. The molecule has 1 aliphatic heterocycles. The molecule has 1 saturated heterocycles. The van der Waals surface area contributed by atoms with Gasteiger partial charge >= 0.3 is 0 Å². The quantitative estimate of drug-likeness (QED) is 0.703. The van der Waals surface area contributed by atoms with Crippen LogP contribution in [0, 0.1) is 0 Å². The summed E-state index contributed by atoms with van der Waals surface area (Å²) in [5.74, 6) is 0. The van der Waals surface area contributed by atoms with Crippen molar-refractivity contribution in [3.05, 3.63) is 84.2 Å². The molecule has 0 saturated carbocycles. The molecule has 6 heteroatoms. The first-order valence-corrected chi connectivity index (χ1v) is 9.20. The summed E-state index contributed by atoms with van der Waals surface area (Å²) < 4.78 is 2.27. The highest BCUT2D eigenvalue weighted by Gasteiger charge is 2.40. The summed E-state index contributed by atoms with van der Waals surface area (Å²) in [6, 6.07) is 14.5. The lowest BCUT2D eigenvalue weighted by molar-refractivity contribution is 0.297. The van der Waals surface area contributed by atoms with Crippen molar-refractivity contribution in [2.75, 3.05) is 0 Å². The summed E-state index contributed by atoms with van der Waals surface area (Å²) in [7, 11) is 0. The lowest BCUT2D eigenvalue weighted by Crippen LogP contribution is -2.30. The van der Waals surface area contributed by atoms with E-state index in [9.17, 15) is 0 Å². The standard InChI is InChI=1S/C20H21N5S/c1-2-24-13-5-7-17(24)19-18(16-6-3-4-10-22-16)23-20(26)25(19)14-15-8-11-21-12-9-15/h3-13,18-19H,2,14H2,1H3,(H,23,26)/t18-,19-/m1/s1. The highest BCUT2D eigenvalue weighted by atomic mass is 32.1. The third-order valence-electron chi connectivity index (χ3n) is 4.81. The SMILES string of the molecule is CCn1cccc1[C@@H]1[C@@H](c2ccccn2)NC(=S)N1Cc1ccncc1. The van der Waals surface area contributed by atoms with Crippen LogP contribution in [-0.4, -0.2) is 24.5 Å². The number of aromatic nitrogens is 3. The molecular weight excluding hydrogens is 342 g/mol. The van der Waals surface area contributed by atoms with Gasteiger partial charge in [0.25, 0.3) is 0 Å². The fraction of sp³-hybridized carbons (Fsp3) is 0.250. The van der Waals surface area contributed by atoms with Crippen molar-refractivity contribution in [1.82, 2.24) is 24.8 Å². The molecule has 0 unspecified atom stereocenters. The molecule has 132 valence electrons. The highest BCUT2D eigenvalue weighted by Crippen LogP contribution is 2.39. The van der Waals surface area contributed by atoms with E-state index in [1.165, 1.54) is 11.3 Å². The van der Waals surface area contributed by atoms with Gasteiger partial charge in [0.05, 0.1) is 17.8 Å². The molecule has 0 aromatic carbocycles. The number of rotatable bonds is 5. The number of aryl methyl sites for hydroxylation is 1. The van der Waals surface area contributed by atoms with E-state index in [4.69, 9.17) is 12.2 Å². The van der Waals surface area contributed by atoms with Crippen molar-refractivity contribution < 1.29 is 0 Å². The maximum absolute atomic E-state index is 5.71. The summed E-state index contributed by atoms with van der Waals surface area (Å²) in [6.45, 7) is 3.81. The summed E-state index contributed by atoms with van der Waals surface area (Å²) in [5, 5.41) is 4.25. The van der Waals surface area contributed by atoms with Crippen LogP contribution in [0.15, 0.2) is 67.3 Å². The molecule has 0 aliphatic carbocycles. The first kappa shape index (κ1) is 16.7. The molecule has 0 bridgehead atoms. The Morgan fingerprint density at radius 1 is 1.08 bits per heavy atom. The maximum atomic E-state index is 5.71. The van der Waals surface area contributed by atoms with Gasteiger partial charge < -0.3 is 14.8 Å². The monoisotopic (exact) mass is 363 g/mol. The summed E-state index contributed by atoms with van der Waals surface area (Å²) in [5.41, 5.74) is 3.43. The van der Waals surface area contributed by atoms with E-state index in [1.54, 1.807) is 0 Å². The van der Waals surface area contributed by atoms with E-state index in [-0.39, 0.29) is 12.1 Å². The van der Waals surface area contributed by atoms with Gasteiger partial charge in [0.15, 0.2) is 5.11 Å². The van der Waals surface area contributed by atoms with Gasteiger partial charge in [-0.15, -0.1) is 0 Å². The summed E-state index contributed by atoms with van der Waals surface area (Å²) in [4.78, 5) is 11.0. The molecule has 3 aromatic rings. The lowest BCUT2D eigenvalue weighted by atomic mass is 10.0. The molecule has 1 fully saturated rings. The number of thiocarbonyl (C=S) groups is 1. The molecule has 2 atom stereocenters. The maximum Gasteiger partial charge on any atom is 0.170 e. The zero-order chi connectivity index (χ0) is 17.9. The van der Waals surface area contributed by atoms with Crippen LogP contribution >= 0.6 is 12.2 Å². The van der Waals surface area contributed by atoms with Crippen LogP contribution in [0.5, 0.6) is 0 Å². The number of nitrogens with one attached hydrogen (secondary N) is 1. The van der Waals surface area contributed by atoms with Crippen molar-refractivity contribution in [2.45, 2.75) is 32.1 Å². The number of hydrogen-bond acceptors (Lipinski definition) is 3. The molecule has 26 heavy (non-hydrogen) atoms. The minimum atomic E-state index is 0.0192. The lowest BCUT2D eigenvalue weighted by Gasteiger charge is -2.28. The van der Waals surface area contributed by atoms with Crippen molar-refractivity contribution >= 4 is 17.3 Å². The predicted molar refractivity (Wildman–Crippen MR) is 105 cm³/mol. The Bertz CT molecular complexity index is 877. The summed E-state index contributed by atoms with van der Waals surface area (Å²) >= 11 is 5.71. The Labute approximate surface area is 158 Å².